The van der Waals surface area contributed by atoms with E-state index in [9.17, 15) is 14.9 Å². The topological polar surface area (TPSA) is 137 Å². The number of anilines is 1. The summed E-state index contributed by atoms with van der Waals surface area (Å²) >= 11 is 4.55. The number of thioether (sulfide) groups is 1. The van der Waals surface area contributed by atoms with E-state index in [0.29, 0.717) is 21.8 Å². The lowest BCUT2D eigenvalue weighted by Crippen LogP contribution is -2.38. The number of fused-ring (bicyclic) bond motifs is 1. The molecule has 2 amide bonds. The average Bonchev–Trinajstić information content (AvgIpc) is 3.93. The van der Waals surface area contributed by atoms with Gasteiger partial charge in [-0.2, -0.15) is 5.26 Å². The van der Waals surface area contributed by atoms with Gasteiger partial charge in [-0.3, -0.25) is 9.59 Å². The van der Waals surface area contributed by atoms with Gasteiger partial charge in [0.2, 0.25) is 11.8 Å². The molecule has 0 spiro atoms. The number of aromatic nitrogens is 3. The number of thiazole rings is 2. The van der Waals surface area contributed by atoms with Gasteiger partial charge in [0.1, 0.15) is 22.4 Å². The van der Waals surface area contributed by atoms with Gasteiger partial charge in [-0.15, -0.1) is 23.1 Å². The van der Waals surface area contributed by atoms with Crippen LogP contribution in [0.15, 0.2) is 75.1 Å². The second kappa shape index (κ2) is 18.3. The van der Waals surface area contributed by atoms with Crippen LogP contribution in [0.3, 0.4) is 0 Å². The summed E-state index contributed by atoms with van der Waals surface area (Å²) in [5.41, 5.74) is 3.11. The number of amides is 2. The Hall–Kier alpha value is -4.35. The molecular formula is C41H47N7O3S3. The number of benzene rings is 2. The molecule has 0 radical (unpaired) electrons. The maximum Gasteiger partial charge on any atom is 0.262 e. The normalized spacial score (nSPS) is 14.9. The largest absolute Gasteiger partial charge is 0.444 e. The number of nitrogens with zero attached hydrogens (tertiary/aromatic N) is 5. The van der Waals surface area contributed by atoms with Crippen LogP contribution in [0.2, 0.25) is 0 Å². The molecule has 1 saturated heterocycles. The molecule has 1 aliphatic heterocycles. The molecule has 0 aliphatic carbocycles. The van der Waals surface area contributed by atoms with Crippen molar-refractivity contribution >= 4 is 67.7 Å². The van der Waals surface area contributed by atoms with Crippen molar-refractivity contribution in [3.8, 4) is 6.07 Å². The minimum Gasteiger partial charge on any atom is -0.444 e. The third-order valence-electron chi connectivity index (χ3n) is 9.45. The van der Waals surface area contributed by atoms with Crippen LogP contribution in [0.5, 0.6) is 0 Å². The predicted octanol–water partition coefficient (Wildman–Crippen LogP) is 9.18. The Balaban J connectivity index is 0.912. The fourth-order valence-electron chi connectivity index (χ4n) is 6.36. The van der Waals surface area contributed by atoms with Gasteiger partial charge in [0.25, 0.3) is 5.91 Å². The number of likely N-dealkylation sites (tertiary alicyclic amines) is 1. The van der Waals surface area contributed by atoms with Crippen molar-refractivity contribution in [3.05, 3.63) is 94.3 Å². The third kappa shape index (κ3) is 10.7. The number of hydrogen-bond donors (Lipinski definition) is 2. The van der Waals surface area contributed by atoms with Crippen LogP contribution < -0.4 is 10.6 Å². The molecule has 3 aromatic heterocycles. The van der Waals surface area contributed by atoms with Gasteiger partial charge in [0.15, 0.2) is 5.13 Å². The van der Waals surface area contributed by atoms with E-state index < -0.39 is 0 Å². The van der Waals surface area contributed by atoms with E-state index in [1.807, 2.05) is 24.3 Å². The van der Waals surface area contributed by atoms with E-state index in [2.05, 4.69) is 88.5 Å². The molecule has 4 heterocycles. The molecule has 2 N–H and O–H groups in total. The van der Waals surface area contributed by atoms with Crippen LogP contribution in [-0.4, -0.2) is 51.3 Å². The second-order valence-electron chi connectivity index (χ2n) is 14.6. The minimum absolute atomic E-state index is 0.0132. The van der Waals surface area contributed by atoms with Crippen LogP contribution in [0, 0.1) is 17.2 Å². The minimum atomic E-state index is -0.387. The standard InChI is InChI=1S/C41H47N7O3S3/c1-5-9-31(46-39(50)30(23-42)22-36-45-32-11-6-7-12-33(32)53-36)28-15-13-27(14-16-28)10-8-19-48-20-17-29(18-21-48)38(49)47-40-44-25-37(54-40)52-26-35-43-24-34(51-35)41(2,3)4/h6-7,11-16,22,24-25,29,31H,5,8-10,17-21,26H2,1-4H3,(H,46,50)(H,44,47,49)/b30-22+. The first-order valence-electron chi connectivity index (χ1n) is 18.5. The fourth-order valence-corrected chi connectivity index (χ4v) is 9.00. The second-order valence-corrected chi connectivity index (χ2v) is 18.0. The number of nitrogens with one attached hydrogen (secondary N) is 2. The summed E-state index contributed by atoms with van der Waals surface area (Å²) in [6, 6.07) is 18.1. The highest BCUT2D eigenvalue weighted by molar-refractivity contribution is 8.00. The summed E-state index contributed by atoms with van der Waals surface area (Å²) in [6.45, 7) is 11.2. The average molecular weight is 782 g/mol. The van der Waals surface area contributed by atoms with E-state index in [1.54, 1.807) is 30.2 Å². The van der Waals surface area contributed by atoms with Crippen LogP contribution in [0.1, 0.15) is 93.6 Å². The molecule has 0 saturated carbocycles. The van der Waals surface area contributed by atoms with E-state index in [1.165, 1.54) is 28.2 Å². The smallest absolute Gasteiger partial charge is 0.262 e. The van der Waals surface area contributed by atoms with E-state index in [4.69, 9.17) is 4.42 Å². The molecule has 282 valence electrons. The van der Waals surface area contributed by atoms with Crippen molar-refractivity contribution in [3.63, 3.8) is 0 Å². The van der Waals surface area contributed by atoms with E-state index in [-0.39, 0.29) is 34.8 Å². The number of nitriles is 1. The summed E-state index contributed by atoms with van der Waals surface area (Å²) in [5.74, 6) is 1.83. The Morgan fingerprint density at radius 2 is 1.87 bits per heavy atom. The van der Waals surface area contributed by atoms with E-state index in [0.717, 1.165) is 83.9 Å². The van der Waals surface area contributed by atoms with Crippen molar-refractivity contribution in [2.24, 2.45) is 5.92 Å². The first kappa shape index (κ1) is 39.3. The molecule has 2 aromatic carbocycles. The first-order valence-corrected chi connectivity index (χ1v) is 21.1. The summed E-state index contributed by atoms with van der Waals surface area (Å²) in [4.78, 5) is 42.1. The Morgan fingerprint density at radius 3 is 2.57 bits per heavy atom. The number of piperidine rings is 1. The van der Waals surface area contributed by atoms with Crippen molar-refractivity contribution in [1.82, 2.24) is 25.2 Å². The molecule has 5 aromatic rings. The zero-order valence-corrected chi connectivity index (χ0v) is 33.7. The lowest BCUT2D eigenvalue weighted by Gasteiger charge is -2.31. The molecule has 0 bridgehead atoms. The van der Waals surface area contributed by atoms with Gasteiger partial charge in [0.05, 0.1) is 38.6 Å². The molecule has 1 unspecified atom stereocenters. The van der Waals surface area contributed by atoms with Gasteiger partial charge in [-0.1, -0.05) is 81.9 Å². The van der Waals surface area contributed by atoms with Crippen LogP contribution >= 0.6 is 34.4 Å². The van der Waals surface area contributed by atoms with Gasteiger partial charge < -0.3 is 20.0 Å². The van der Waals surface area contributed by atoms with Gasteiger partial charge in [0, 0.05) is 11.3 Å². The number of aryl methyl sites for hydroxylation is 1. The monoisotopic (exact) mass is 781 g/mol. The molecule has 10 nitrogen and oxygen atoms in total. The maximum absolute atomic E-state index is 13.2. The molecule has 1 atom stereocenters. The third-order valence-corrected chi connectivity index (χ3v) is 12.5. The summed E-state index contributed by atoms with van der Waals surface area (Å²) in [5, 5.41) is 17.2. The Bertz CT molecular complexity index is 2060. The highest BCUT2D eigenvalue weighted by Crippen LogP contribution is 2.33. The fraction of sp³-hybridized carbons (Fsp3) is 0.415. The van der Waals surface area contributed by atoms with Crippen molar-refractivity contribution in [1.29, 1.82) is 5.26 Å². The number of carbonyl (C=O) groups is 2. The van der Waals surface area contributed by atoms with Crippen LogP contribution in [0.4, 0.5) is 5.13 Å². The molecule has 13 heteroatoms. The summed E-state index contributed by atoms with van der Waals surface area (Å²) < 4.78 is 7.92. The summed E-state index contributed by atoms with van der Waals surface area (Å²) in [7, 11) is 0. The first-order chi connectivity index (χ1) is 26.1. The quantitative estimate of drug-likeness (QED) is 0.0605. The SMILES string of the molecule is CCCC(NC(=O)/C(C#N)=C/c1nc2ccccc2s1)c1ccc(CCCN2CCC(C(=O)Nc3ncc(SCc4ncc(C(C)(C)C)o4)s3)CC2)cc1. The Morgan fingerprint density at radius 1 is 1.09 bits per heavy atom. The lowest BCUT2D eigenvalue weighted by molar-refractivity contribution is -0.121. The van der Waals surface area contributed by atoms with Crippen LogP contribution in [0.25, 0.3) is 16.3 Å². The number of rotatable bonds is 15. The lowest BCUT2D eigenvalue weighted by atomic mass is 9.94. The van der Waals surface area contributed by atoms with E-state index >= 15 is 0 Å². The van der Waals surface area contributed by atoms with Crippen molar-refractivity contribution in [2.45, 2.75) is 87.6 Å². The highest BCUT2D eigenvalue weighted by atomic mass is 32.2. The number of para-hydroxylation sites is 1. The number of oxazole rings is 1. The Labute approximate surface area is 329 Å². The molecule has 6 rings (SSSR count). The molecule has 54 heavy (non-hydrogen) atoms. The summed E-state index contributed by atoms with van der Waals surface area (Å²) in [6.07, 6.45) is 10.5. The highest BCUT2D eigenvalue weighted by Gasteiger charge is 2.26. The maximum atomic E-state index is 13.2. The van der Waals surface area contributed by atoms with Gasteiger partial charge in [-0.25, -0.2) is 15.0 Å². The predicted molar refractivity (Wildman–Crippen MR) is 218 cm³/mol. The zero-order valence-electron chi connectivity index (χ0n) is 31.3. The van der Waals surface area contributed by atoms with Gasteiger partial charge >= 0.3 is 0 Å². The van der Waals surface area contributed by atoms with Crippen molar-refractivity contribution in [2.75, 3.05) is 25.0 Å². The molecule has 1 aliphatic rings. The van der Waals surface area contributed by atoms with Crippen molar-refractivity contribution < 1.29 is 14.0 Å². The molecular weight excluding hydrogens is 735 g/mol. The zero-order chi connectivity index (χ0) is 38.1. The molecule has 1 fully saturated rings. The number of carbonyl (C=O) groups excluding carboxylic acids is 2. The van der Waals surface area contributed by atoms with Gasteiger partial charge in [-0.05, 0) is 81.1 Å². The number of hydrogen-bond acceptors (Lipinski definition) is 11. The Kier molecular flexibility index (Phi) is 13.3. The van der Waals surface area contributed by atoms with Crippen LogP contribution in [-0.2, 0) is 27.2 Å².